The summed E-state index contributed by atoms with van der Waals surface area (Å²) in [5.41, 5.74) is 0.855. The Morgan fingerprint density at radius 1 is 1.00 bits per heavy atom. The van der Waals surface area contributed by atoms with E-state index >= 15 is 0 Å². The van der Waals surface area contributed by atoms with Gasteiger partial charge < -0.3 is 23.8 Å². The van der Waals surface area contributed by atoms with Crippen LogP contribution in [0.15, 0.2) is 36.4 Å². The van der Waals surface area contributed by atoms with Crippen molar-refractivity contribution in [3.05, 3.63) is 52.0 Å². The fourth-order valence-electron chi connectivity index (χ4n) is 2.73. The number of carbonyl (C=O) groups is 2. The topological polar surface area (TPSA) is 74.3 Å². The van der Waals surface area contributed by atoms with E-state index in [0.29, 0.717) is 35.4 Å². The molecule has 0 heterocycles. The van der Waals surface area contributed by atoms with Gasteiger partial charge in [-0.25, -0.2) is 4.79 Å². The molecule has 0 fully saturated rings. The summed E-state index contributed by atoms with van der Waals surface area (Å²) >= 11 is 11.9. The van der Waals surface area contributed by atoms with Crippen molar-refractivity contribution in [3.63, 3.8) is 0 Å². The Morgan fingerprint density at radius 3 is 2.29 bits per heavy atom. The number of benzene rings is 2. The zero-order valence-electron chi connectivity index (χ0n) is 17.8. The van der Waals surface area contributed by atoms with Crippen LogP contribution in [0, 0.1) is 0 Å². The highest BCUT2D eigenvalue weighted by molar-refractivity contribution is 6.35. The van der Waals surface area contributed by atoms with Crippen molar-refractivity contribution in [2.75, 3.05) is 27.4 Å². The van der Waals surface area contributed by atoms with E-state index in [1.165, 1.54) is 13.0 Å². The lowest BCUT2D eigenvalue weighted by molar-refractivity contribution is -0.157. The van der Waals surface area contributed by atoms with E-state index in [1.54, 1.807) is 43.4 Å². The average Bonchev–Trinajstić information content (AvgIpc) is 2.76. The monoisotopic (exact) mass is 469 g/mol. The van der Waals surface area contributed by atoms with E-state index in [-0.39, 0.29) is 10.9 Å². The molecule has 1 atom stereocenters. The van der Waals surface area contributed by atoms with Crippen molar-refractivity contribution in [3.8, 4) is 17.2 Å². The fraction of sp³-hybridized carbons (Fsp3) is 0.364. The molecule has 0 aliphatic heterocycles. The molecule has 1 amide bonds. The number of likely N-dealkylation sites (N-methyl/N-ethyl adjacent to an activating group) is 1. The second-order valence-electron chi connectivity index (χ2n) is 6.54. The third-order valence-electron chi connectivity index (χ3n) is 4.42. The molecule has 0 bridgehead atoms. The molecule has 31 heavy (non-hydrogen) atoms. The third kappa shape index (κ3) is 6.94. The van der Waals surface area contributed by atoms with E-state index in [0.717, 1.165) is 5.56 Å². The highest BCUT2D eigenvalue weighted by Gasteiger charge is 2.21. The van der Waals surface area contributed by atoms with Crippen LogP contribution in [0.5, 0.6) is 17.2 Å². The number of nitrogens with zero attached hydrogens (tertiary/aromatic N) is 1. The van der Waals surface area contributed by atoms with Gasteiger partial charge in [0.25, 0.3) is 5.91 Å². The second-order valence-corrected chi connectivity index (χ2v) is 7.38. The van der Waals surface area contributed by atoms with Gasteiger partial charge in [0, 0.05) is 18.1 Å². The normalized spacial score (nSPS) is 11.4. The predicted molar refractivity (Wildman–Crippen MR) is 118 cm³/mol. The molecule has 168 valence electrons. The minimum Gasteiger partial charge on any atom is -0.493 e. The molecule has 0 saturated carbocycles. The number of halogens is 2. The Bertz CT molecular complexity index is 921. The van der Waals surface area contributed by atoms with Gasteiger partial charge in [0.2, 0.25) is 0 Å². The van der Waals surface area contributed by atoms with Crippen LogP contribution < -0.4 is 14.2 Å². The van der Waals surface area contributed by atoms with Crippen LogP contribution in [-0.4, -0.2) is 50.3 Å². The van der Waals surface area contributed by atoms with Gasteiger partial charge in [-0.1, -0.05) is 29.3 Å². The van der Waals surface area contributed by atoms with Gasteiger partial charge in [-0.2, -0.15) is 0 Å². The van der Waals surface area contributed by atoms with Crippen LogP contribution in [0.2, 0.25) is 10.0 Å². The first-order valence-corrected chi connectivity index (χ1v) is 10.3. The zero-order valence-corrected chi connectivity index (χ0v) is 19.3. The lowest BCUT2D eigenvalue weighted by Crippen LogP contribution is -2.36. The molecule has 1 unspecified atom stereocenters. The standard InChI is InChI=1S/C22H25Cl2NO6/c1-5-25(12-15-6-8-19(28-3)20(10-15)29-4)21(26)13-30-22(27)14(2)31-18-9-7-16(23)11-17(18)24/h6-11,14H,5,12-13H2,1-4H3. The van der Waals surface area contributed by atoms with Crippen molar-refractivity contribution >= 4 is 35.1 Å². The molecule has 0 radical (unpaired) electrons. The first-order valence-electron chi connectivity index (χ1n) is 9.56. The largest absolute Gasteiger partial charge is 0.493 e. The summed E-state index contributed by atoms with van der Waals surface area (Å²) in [6.07, 6.45) is -0.951. The number of amides is 1. The zero-order chi connectivity index (χ0) is 23.0. The van der Waals surface area contributed by atoms with Gasteiger partial charge in [-0.3, -0.25) is 4.79 Å². The van der Waals surface area contributed by atoms with Gasteiger partial charge >= 0.3 is 5.97 Å². The van der Waals surface area contributed by atoms with Crippen LogP contribution in [0.3, 0.4) is 0 Å². The smallest absolute Gasteiger partial charge is 0.347 e. The highest BCUT2D eigenvalue weighted by atomic mass is 35.5. The minimum atomic E-state index is -0.951. The number of methoxy groups -OCH3 is 2. The van der Waals surface area contributed by atoms with E-state index < -0.39 is 18.7 Å². The quantitative estimate of drug-likeness (QED) is 0.481. The molecule has 9 heteroatoms. The first kappa shape index (κ1) is 24.6. The van der Waals surface area contributed by atoms with Gasteiger partial charge in [-0.05, 0) is 49.7 Å². The fourth-order valence-corrected chi connectivity index (χ4v) is 3.18. The summed E-state index contributed by atoms with van der Waals surface area (Å²) in [6.45, 7) is 3.73. The Balaban J connectivity index is 1.92. The van der Waals surface area contributed by atoms with Crippen LogP contribution >= 0.6 is 23.2 Å². The van der Waals surface area contributed by atoms with Crippen LogP contribution in [-0.2, 0) is 20.9 Å². The molecule has 0 aromatic heterocycles. The molecular weight excluding hydrogens is 445 g/mol. The molecule has 0 saturated heterocycles. The summed E-state index contributed by atoms with van der Waals surface area (Å²) in [4.78, 5) is 26.4. The van der Waals surface area contributed by atoms with E-state index in [4.69, 9.17) is 42.1 Å². The number of hydrogen-bond donors (Lipinski definition) is 0. The average molecular weight is 470 g/mol. The molecule has 2 aromatic rings. The number of carbonyl (C=O) groups excluding carboxylic acids is 2. The first-order chi connectivity index (χ1) is 14.8. The number of hydrogen-bond acceptors (Lipinski definition) is 6. The van der Waals surface area contributed by atoms with Crippen molar-refractivity contribution in [1.82, 2.24) is 4.90 Å². The maximum absolute atomic E-state index is 12.5. The van der Waals surface area contributed by atoms with Gasteiger partial charge in [0.05, 0.1) is 19.2 Å². The van der Waals surface area contributed by atoms with E-state index in [9.17, 15) is 9.59 Å². The maximum Gasteiger partial charge on any atom is 0.347 e. The summed E-state index contributed by atoms with van der Waals surface area (Å²) in [5.74, 6) is 0.459. The van der Waals surface area contributed by atoms with Crippen LogP contribution in [0.4, 0.5) is 0 Å². The van der Waals surface area contributed by atoms with Crippen molar-refractivity contribution in [2.45, 2.75) is 26.5 Å². The van der Waals surface area contributed by atoms with E-state index in [2.05, 4.69) is 0 Å². The molecule has 0 aliphatic carbocycles. The van der Waals surface area contributed by atoms with Crippen molar-refractivity contribution < 1.29 is 28.5 Å². The van der Waals surface area contributed by atoms with Crippen LogP contribution in [0.25, 0.3) is 0 Å². The summed E-state index contributed by atoms with van der Waals surface area (Å²) in [5, 5.41) is 0.725. The highest BCUT2D eigenvalue weighted by Crippen LogP contribution is 2.29. The molecule has 0 aliphatic rings. The maximum atomic E-state index is 12.5. The van der Waals surface area contributed by atoms with Crippen molar-refractivity contribution in [2.24, 2.45) is 0 Å². The third-order valence-corrected chi connectivity index (χ3v) is 4.95. The molecule has 7 nitrogen and oxygen atoms in total. The second kappa shape index (κ2) is 11.7. The van der Waals surface area contributed by atoms with Crippen LogP contribution in [0.1, 0.15) is 19.4 Å². The van der Waals surface area contributed by atoms with Gasteiger partial charge in [0.1, 0.15) is 5.75 Å². The van der Waals surface area contributed by atoms with E-state index in [1.807, 2.05) is 13.0 Å². The van der Waals surface area contributed by atoms with Gasteiger partial charge in [0.15, 0.2) is 24.2 Å². The lowest BCUT2D eigenvalue weighted by Gasteiger charge is -2.22. The lowest BCUT2D eigenvalue weighted by atomic mass is 10.2. The number of ether oxygens (including phenoxy) is 4. The Morgan fingerprint density at radius 2 is 1.68 bits per heavy atom. The number of rotatable bonds is 10. The molecule has 2 aromatic carbocycles. The molecular formula is C22H25Cl2NO6. The SMILES string of the molecule is CCN(Cc1ccc(OC)c(OC)c1)C(=O)COC(=O)C(C)Oc1ccc(Cl)cc1Cl. The Kier molecular flexibility index (Phi) is 9.27. The molecule has 2 rings (SSSR count). The predicted octanol–water partition coefficient (Wildman–Crippen LogP) is 4.37. The van der Waals surface area contributed by atoms with Gasteiger partial charge in [-0.15, -0.1) is 0 Å². The Hall–Kier alpha value is -2.64. The molecule has 0 N–H and O–H groups in total. The molecule has 0 spiro atoms. The summed E-state index contributed by atoms with van der Waals surface area (Å²) in [7, 11) is 3.10. The number of esters is 1. The minimum absolute atomic E-state index is 0.273. The summed E-state index contributed by atoms with van der Waals surface area (Å²) in [6, 6.07) is 10.1. The van der Waals surface area contributed by atoms with Crippen molar-refractivity contribution in [1.29, 1.82) is 0 Å². The summed E-state index contributed by atoms with van der Waals surface area (Å²) < 4.78 is 21.2. The Labute approximate surface area is 191 Å².